The molecule has 102 valence electrons. The predicted molar refractivity (Wildman–Crippen MR) is 77.8 cm³/mol. The summed E-state index contributed by atoms with van der Waals surface area (Å²) < 4.78 is 0. The lowest BCUT2D eigenvalue weighted by atomic mass is 9.89. The number of carbonyl (C=O) groups is 1. The predicted octanol–water partition coefficient (Wildman–Crippen LogP) is 3.51. The molecule has 2 aromatic carbocycles. The average Bonchev–Trinajstić information content (AvgIpc) is 2.48. The van der Waals surface area contributed by atoms with Crippen LogP contribution in [0.3, 0.4) is 0 Å². The van der Waals surface area contributed by atoms with Crippen LogP contribution in [0.4, 0.5) is 4.79 Å². The Morgan fingerprint density at radius 1 is 1.10 bits per heavy atom. The van der Waals surface area contributed by atoms with Gasteiger partial charge in [-0.1, -0.05) is 54.6 Å². The fourth-order valence-electron chi connectivity index (χ4n) is 2.94. The van der Waals surface area contributed by atoms with E-state index in [1.165, 1.54) is 11.1 Å². The zero-order valence-electron chi connectivity index (χ0n) is 11.2. The van der Waals surface area contributed by atoms with E-state index in [0.29, 0.717) is 6.54 Å². The van der Waals surface area contributed by atoms with E-state index in [-0.39, 0.29) is 6.04 Å². The van der Waals surface area contributed by atoms with Crippen molar-refractivity contribution in [1.29, 1.82) is 0 Å². The Balaban J connectivity index is 1.97. The number of hydrogen-bond donors (Lipinski definition) is 1. The molecule has 0 saturated heterocycles. The molecule has 1 N–H and O–H groups in total. The number of benzene rings is 2. The first kappa shape index (κ1) is 12.7. The van der Waals surface area contributed by atoms with E-state index in [9.17, 15) is 9.90 Å². The summed E-state index contributed by atoms with van der Waals surface area (Å²) in [5.74, 6) is 0. The zero-order valence-corrected chi connectivity index (χ0v) is 11.2. The molecule has 1 aliphatic rings. The van der Waals surface area contributed by atoms with Gasteiger partial charge < -0.3 is 10.0 Å². The lowest BCUT2D eigenvalue weighted by Crippen LogP contribution is -2.40. The van der Waals surface area contributed by atoms with Crippen LogP contribution >= 0.6 is 0 Å². The van der Waals surface area contributed by atoms with Crippen molar-refractivity contribution in [3.05, 3.63) is 71.3 Å². The molecule has 0 spiro atoms. The minimum Gasteiger partial charge on any atom is -0.465 e. The third-order valence-corrected chi connectivity index (χ3v) is 3.93. The molecule has 0 radical (unpaired) electrons. The number of nitrogens with zero attached hydrogens (tertiary/aromatic N) is 1. The molecule has 2 aromatic rings. The maximum absolute atomic E-state index is 11.5. The van der Waals surface area contributed by atoms with Crippen molar-refractivity contribution >= 4 is 6.09 Å². The second kappa shape index (κ2) is 5.37. The smallest absolute Gasteiger partial charge is 0.407 e. The number of amides is 1. The van der Waals surface area contributed by atoms with E-state index in [0.717, 1.165) is 18.4 Å². The van der Waals surface area contributed by atoms with Gasteiger partial charge in [0.05, 0.1) is 6.04 Å². The van der Waals surface area contributed by atoms with Gasteiger partial charge in [0.15, 0.2) is 0 Å². The molecule has 1 unspecified atom stereocenters. The third-order valence-electron chi connectivity index (χ3n) is 3.93. The maximum atomic E-state index is 11.5. The first-order chi connectivity index (χ1) is 9.75. The van der Waals surface area contributed by atoms with Crippen LogP contribution in [0.5, 0.6) is 0 Å². The molecule has 0 bridgehead atoms. The van der Waals surface area contributed by atoms with Crippen molar-refractivity contribution in [3.8, 4) is 0 Å². The molecule has 1 aliphatic heterocycles. The van der Waals surface area contributed by atoms with E-state index in [1.54, 1.807) is 4.90 Å². The van der Waals surface area contributed by atoms with E-state index in [2.05, 4.69) is 24.3 Å². The van der Waals surface area contributed by atoms with Gasteiger partial charge in [0.25, 0.3) is 0 Å². The molecular weight excluding hydrogens is 250 g/mol. The maximum Gasteiger partial charge on any atom is 0.407 e. The van der Waals surface area contributed by atoms with Crippen molar-refractivity contribution in [2.45, 2.75) is 18.9 Å². The van der Waals surface area contributed by atoms with Gasteiger partial charge in [-0.15, -0.1) is 0 Å². The number of carboxylic acid groups (broad SMARTS) is 1. The molecule has 1 amide bonds. The van der Waals surface area contributed by atoms with Gasteiger partial charge in [0.2, 0.25) is 0 Å². The first-order valence-corrected chi connectivity index (χ1v) is 6.87. The Labute approximate surface area is 118 Å². The quantitative estimate of drug-likeness (QED) is 0.904. The number of fused-ring (bicyclic) bond motifs is 1. The summed E-state index contributed by atoms with van der Waals surface area (Å²) in [6, 6.07) is 18.2. The van der Waals surface area contributed by atoms with Crippen LogP contribution in [-0.4, -0.2) is 22.6 Å². The molecule has 20 heavy (non-hydrogen) atoms. The summed E-state index contributed by atoms with van der Waals surface area (Å²) in [6.45, 7) is 0.573. The van der Waals surface area contributed by atoms with E-state index in [1.807, 2.05) is 30.3 Å². The minimum atomic E-state index is -0.833. The van der Waals surface area contributed by atoms with Gasteiger partial charge in [-0.2, -0.15) is 0 Å². The topological polar surface area (TPSA) is 40.5 Å². The lowest BCUT2D eigenvalue weighted by Gasteiger charge is -2.35. The van der Waals surface area contributed by atoms with Gasteiger partial charge in [-0.25, -0.2) is 4.79 Å². The SMILES string of the molecule is O=C(O)N1CCc2ccccc2C1Cc1ccccc1. The summed E-state index contributed by atoms with van der Waals surface area (Å²) in [4.78, 5) is 13.1. The molecule has 0 aliphatic carbocycles. The van der Waals surface area contributed by atoms with Gasteiger partial charge >= 0.3 is 6.09 Å². The highest BCUT2D eigenvalue weighted by atomic mass is 16.4. The van der Waals surface area contributed by atoms with Gasteiger partial charge in [-0.05, 0) is 29.5 Å². The minimum absolute atomic E-state index is 0.0835. The summed E-state index contributed by atoms with van der Waals surface area (Å²) in [5, 5.41) is 9.44. The van der Waals surface area contributed by atoms with Crippen LogP contribution in [-0.2, 0) is 12.8 Å². The lowest BCUT2D eigenvalue weighted by molar-refractivity contribution is 0.119. The van der Waals surface area contributed by atoms with E-state index < -0.39 is 6.09 Å². The molecule has 3 nitrogen and oxygen atoms in total. The molecule has 0 fully saturated rings. The second-order valence-corrected chi connectivity index (χ2v) is 5.13. The normalized spacial score (nSPS) is 17.6. The van der Waals surface area contributed by atoms with Crippen molar-refractivity contribution < 1.29 is 9.90 Å². The third kappa shape index (κ3) is 2.39. The highest BCUT2D eigenvalue weighted by molar-refractivity contribution is 5.66. The molecular formula is C17H17NO2. The Hall–Kier alpha value is -2.29. The Morgan fingerprint density at radius 3 is 2.55 bits per heavy atom. The Morgan fingerprint density at radius 2 is 1.80 bits per heavy atom. The molecule has 1 heterocycles. The molecule has 0 aromatic heterocycles. The van der Waals surface area contributed by atoms with Crippen molar-refractivity contribution in [3.63, 3.8) is 0 Å². The van der Waals surface area contributed by atoms with E-state index in [4.69, 9.17) is 0 Å². The standard InChI is InChI=1S/C17H17NO2/c19-17(20)18-11-10-14-8-4-5-9-15(14)16(18)12-13-6-2-1-3-7-13/h1-9,16H,10-12H2,(H,19,20). The van der Waals surface area contributed by atoms with E-state index >= 15 is 0 Å². The Kier molecular flexibility index (Phi) is 3.42. The van der Waals surface area contributed by atoms with Crippen LogP contribution < -0.4 is 0 Å². The molecule has 0 saturated carbocycles. The average molecular weight is 267 g/mol. The van der Waals surface area contributed by atoms with Crippen LogP contribution in [0.1, 0.15) is 22.7 Å². The fourth-order valence-corrected chi connectivity index (χ4v) is 2.94. The Bertz CT molecular complexity index is 609. The molecule has 1 atom stereocenters. The molecule has 3 rings (SSSR count). The van der Waals surface area contributed by atoms with Gasteiger partial charge in [0, 0.05) is 6.54 Å². The molecule has 3 heteroatoms. The van der Waals surface area contributed by atoms with Crippen LogP contribution in [0, 0.1) is 0 Å². The largest absolute Gasteiger partial charge is 0.465 e. The summed E-state index contributed by atoms with van der Waals surface area (Å²) in [7, 11) is 0. The van der Waals surface area contributed by atoms with Crippen LogP contribution in [0.15, 0.2) is 54.6 Å². The highest BCUT2D eigenvalue weighted by Crippen LogP contribution is 2.32. The van der Waals surface area contributed by atoms with Crippen molar-refractivity contribution in [1.82, 2.24) is 4.90 Å². The summed E-state index contributed by atoms with van der Waals surface area (Å²) in [6.07, 6.45) is 0.693. The zero-order chi connectivity index (χ0) is 13.9. The van der Waals surface area contributed by atoms with Gasteiger partial charge in [-0.3, -0.25) is 0 Å². The number of hydrogen-bond acceptors (Lipinski definition) is 1. The monoisotopic (exact) mass is 267 g/mol. The van der Waals surface area contributed by atoms with Crippen molar-refractivity contribution in [2.24, 2.45) is 0 Å². The summed E-state index contributed by atoms with van der Waals surface area (Å²) >= 11 is 0. The van der Waals surface area contributed by atoms with Crippen molar-refractivity contribution in [2.75, 3.05) is 6.54 Å². The highest BCUT2D eigenvalue weighted by Gasteiger charge is 2.30. The summed E-state index contributed by atoms with van der Waals surface area (Å²) in [5.41, 5.74) is 3.58. The second-order valence-electron chi connectivity index (χ2n) is 5.13. The first-order valence-electron chi connectivity index (χ1n) is 6.87. The fraction of sp³-hybridized carbons (Fsp3) is 0.235. The number of rotatable bonds is 2. The van der Waals surface area contributed by atoms with Crippen LogP contribution in [0.25, 0.3) is 0 Å². The van der Waals surface area contributed by atoms with Gasteiger partial charge in [0.1, 0.15) is 0 Å². The van der Waals surface area contributed by atoms with Crippen LogP contribution in [0.2, 0.25) is 0 Å².